The summed E-state index contributed by atoms with van der Waals surface area (Å²) in [7, 11) is 0. The Labute approximate surface area is 110 Å². The smallest absolute Gasteiger partial charge is 0.115 e. The maximum atomic E-state index is 15.3. The molecule has 1 saturated carbocycles. The molecule has 0 aromatic heterocycles. The van der Waals surface area contributed by atoms with Crippen LogP contribution in [0.3, 0.4) is 0 Å². The second-order valence-corrected chi connectivity index (χ2v) is 6.77. The molecule has 18 heavy (non-hydrogen) atoms. The topological polar surface area (TPSA) is 21.3 Å². The van der Waals surface area contributed by atoms with E-state index in [0.717, 1.165) is 58.2 Å². The third-order valence-corrected chi connectivity index (χ3v) is 5.65. The first kappa shape index (κ1) is 12.9. The molecule has 2 heterocycles. The van der Waals surface area contributed by atoms with E-state index in [-0.39, 0.29) is 17.4 Å². The monoisotopic (exact) mass is 255 g/mol. The molecule has 104 valence electrons. The van der Waals surface area contributed by atoms with Crippen molar-refractivity contribution in [2.45, 2.75) is 63.1 Å². The van der Waals surface area contributed by atoms with E-state index in [1.807, 2.05) is 6.92 Å². The van der Waals surface area contributed by atoms with Crippen molar-refractivity contribution in [2.75, 3.05) is 19.7 Å². The van der Waals surface area contributed by atoms with Gasteiger partial charge in [0, 0.05) is 19.1 Å². The SMILES string of the molecule is CC(F)(C1CCCNC1)C1CCOC2(CCC2)C1. The zero-order chi connectivity index (χ0) is 12.6. The fraction of sp³-hybridized carbons (Fsp3) is 1.00. The van der Waals surface area contributed by atoms with E-state index in [1.54, 1.807) is 0 Å². The molecular weight excluding hydrogens is 229 g/mol. The van der Waals surface area contributed by atoms with Crippen LogP contribution in [0, 0.1) is 11.8 Å². The summed E-state index contributed by atoms with van der Waals surface area (Å²) >= 11 is 0. The quantitative estimate of drug-likeness (QED) is 0.819. The molecule has 3 aliphatic rings. The van der Waals surface area contributed by atoms with Crippen molar-refractivity contribution < 1.29 is 9.13 Å². The Morgan fingerprint density at radius 1 is 1.22 bits per heavy atom. The van der Waals surface area contributed by atoms with Crippen molar-refractivity contribution in [3.05, 3.63) is 0 Å². The Morgan fingerprint density at radius 2 is 2.06 bits per heavy atom. The second-order valence-electron chi connectivity index (χ2n) is 6.77. The maximum absolute atomic E-state index is 15.3. The minimum absolute atomic E-state index is 0.0678. The highest BCUT2D eigenvalue weighted by atomic mass is 19.1. The molecule has 2 aliphatic heterocycles. The van der Waals surface area contributed by atoms with Crippen LogP contribution in [0.1, 0.15) is 51.9 Å². The number of piperidine rings is 1. The van der Waals surface area contributed by atoms with Gasteiger partial charge in [-0.05, 0) is 64.3 Å². The molecule has 0 amide bonds. The summed E-state index contributed by atoms with van der Waals surface area (Å²) in [4.78, 5) is 0. The molecular formula is C15H26FNO. The number of hydrogen-bond donors (Lipinski definition) is 1. The van der Waals surface area contributed by atoms with Crippen LogP contribution in [-0.2, 0) is 4.74 Å². The third-order valence-electron chi connectivity index (χ3n) is 5.65. The predicted molar refractivity (Wildman–Crippen MR) is 70.4 cm³/mol. The van der Waals surface area contributed by atoms with Crippen LogP contribution in [-0.4, -0.2) is 31.0 Å². The number of nitrogens with one attached hydrogen (secondary N) is 1. The van der Waals surface area contributed by atoms with Crippen molar-refractivity contribution >= 4 is 0 Å². The number of hydrogen-bond acceptors (Lipinski definition) is 2. The molecule has 0 bridgehead atoms. The summed E-state index contributed by atoms with van der Waals surface area (Å²) in [6.07, 6.45) is 7.61. The van der Waals surface area contributed by atoms with Crippen LogP contribution < -0.4 is 5.32 Å². The normalized spacial score (nSPS) is 39.0. The summed E-state index contributed by atoms with van der Waals surface area (Å²) in [5.74, 6) is 0.405. The lowest BCUT2D eigenvalue weighted by Crippen LogP contribution is -2.53. The Balaban J connectivity index is 1.67. The predicted octanol–water partition coefficient (Wildman–Crippen LogP) is 3.06. The Hall–Kier alpha value is -0.150. The molecule has 1 N–H and O–H groups in total. The summed E-state index contributed by atoms with van der Waals surface area (Å²) in [5.41, 5.74) is -0.946. The van der Waals surface area contributed by atoms with Crippen LogP contribution in [0.5, 0.6) is 0 Å². The van der Waals surface area contributed by atoms with Gasteiger partial charge in [0.2, 0.25) is 0 Å². The lowest BCUT2D eigenvalue weighted by molar-refractivity contribution is -0.168. The van der Waals surface area contributed by atoms with Gasteiger partial charge < -0.3 is 10.1 Å². The molecule has 3 rings (SSSR count). The van der Waals surface area contributed by atoms with Gasteiger partial charge in [-0.1, -0.05) is 0 Å². The van der Waals surface area contributed by atoms with E-state index in [0.29, 0.717) is 0 Å². The average molecular weight is 255 g/mol. The summed E-state index contributed by atoms with van der Waals surface area (Å²) in [5, 5.41) is 3.36. The first-order valence-corrected chi connectivity index (χ1v) is 7.66. The van der Waals surface area contributed by atoms with Gasteiger partial charge in [0.25, 0.3) is 0 Å². The molecule has 0 aromatic rings. The highest BCUT2D eigenvalue weighted by Gasteiger charge is 2.50. The molecule has 3 heteroatoms. The van der Waals surface area contributed by atoms with Crippen molar-refractivity contribution in [1.82, 2.24) is 5.32 Å². The maximum Gasteiger partial charge on any atom is 0.115 e. The highest BCUT2D eigenvalue weighted by molar-refractivity contribution is 5.01. The van der Waals surface area contributed by atoms with Crippen LogP contribution in [0.15, 0.2) is 0 Å². The zero-order valence-electron chi connectivity index (χ0n) is 11.5. The van der Waals surface area contributed by atoms with Crippen LogP contribution in [0.4, 0.5) is 4.39 Å². The van der Waals surface area contributed by atoms with E-state index in [1.165, 1.54) is 6.42 Å². The molecule has 0 radical (unpaired) electrons. The van der Waals surface area contributed by atoms with E-state index < -0.39 is 5.67 Å². The Bertz CT molecular complexity index is 295. The summed E-state index contributed by atoms with van der Waals surface area (Å²) in [6.45, 7) is 4.54. The molecule has 0 aromatic carbocycles. The molecule has 3 atom stereocenters. The summed E-state index contributed by atoms with van der Waals surface area (Å²) < 4.78 is 21.2. The first-order valence-electron chi connectivity index (χ1n) is 7.66. The number of alkyl halides is 1. The van der Waals surface area contributed by atoms with Gasteiger partial charge in [-0.15, -0.1) is 0 Å². The average Bonchev–Trinajstić information content (AvgIpc) is 2.38. The molecule has 1 aliphatic carbocycles. The van der Waals surface area contributed by atoms with Gasteiger partial charge in [-0.25, -0.2) is 4.39 Å². The zero-order valence-corrected chi connectivity index (χ0v) is 11.5. The van der Waals surface area contributed by atoms with Gasteiger partial charge in [-0.3, -0.25) is 0 Å². The Kier molecular flexibility index (Phi) is 3.39. The molecule has 2 saturated heterocycles. The second kappa shape index (κ2) is 4.75. The van der Waals surface area contributed by atoms with E-state index in [2.05, 4.69) is 5.32 Å². The highest BCUT2D eigenvalue weighted by Crippen LogP contribution is 2.49. The first-order chi connectivity index (χ1) is 8.62. The molecule has 2 nitrogen and oxygen atoms in total. The van der Waals surface area contributed by atoms with Crippen molar-refractivity contribution in [2.24, 2.45) is 11.8 Å². The number of ether oxygens (including phenoxy) is 1. The van der Waals surface area contributed by atoms with Crippen molar-refractivity contribution in [3.63, 3.8) is 0 Å². The molecule has 3 unspecified atom stereocenters. The van der Waals surface area contributed by atoms with Crippen LogP contribution in [0.25, 0.3) is 0 Å². The molecule has 1 spiro atoms. The van der Waals surface area contributed by atoms with Gasteiger partial charge in [0.1, 0.15) is 5.67 Å². The minimum Gasteiger partial charge on any atom is -0.375 e. The van der Waals surface area contributed by atoms with Crippen LogP contribution >= 0.6 is 0 Å². The third kappa shape index (κ3) is 2.20. The van der Waals surface area contributed by atoms with E-state index >= 15 is 4.39 Å². The van der Waals surface area contributed by atoms with Gasteiger partial charge >= 0.3 is 0 Å². The van der Waals surface area contributed by atoms with Crippen molar-refractivity contribution in [1.29, 1.82) is 0 Å². The summed E-state index contributed by atoms with van der Waals surface area (Å²) in [6, 6.07) is 0. The Morgan fingerprint density at radius 3 is 2.67 bits per heavy atom. The van der Waals surface area contributed by atoms with Gasteiger partial charge in [0.15, 0.2) is 0 Å². The lowest BCUT2D eigenvalue weighted by Gasteiger charge is -2.51. The van der Waals surface area contributed by atoms with Crippen molar-refractivity contribution in [3.8, 4) is 0 Å². The fourth-order valence-corrected chi connectivity index (χ4v) is 4.10. The van der Waals surface area contributed by atoms with E-state index in [4.69, 9.17) is 4.74 Å². The minimum atomic E-state index is -1.01. The standard InChI is InChI=1S/C15H26FNO/c1-14(16,13-4-2-8-17-11-13)12-5-9-18-15(10-12)6-3-7-15/h12-13,17H,2-11H2,1H3. The van der Waals surface area contributed by atoms with Gasteiger partial charge in [-0.2, -0.15) is 0 Å². The van der Waals surface area contributed by atoms with E-state index in [9.17, 15) is 0 Å². The fourth-order valence-electron chi connectivity index (χ4n) is 4.10. The number of halogens is 1. The molecule has 3 fully saturated rings. The lowest BCUT2D eigenvalue weighted by atomic mass is 9.65. The number of rotatable bonds is 2. The largest absolute Gasteiger partial charge is 0.375 e. The van der Waals surface area contributed by atoms with Crippen LogP contribution in [0.2, 0.25) is 0 Å². The van der Waals surface area contributed by atoms with Gasteiger partial charge in [0.05, 0.1) is 5.60 Å².